The van der Waals surface area contributed by atoms with Gasteiger partial charge in [-0.1, -0.05) is 6.92 Å². The Balaban J connectivity index is 1.95. The first-order valence-electron chi connectivity index (χ1n) is 6.71. The Morgan fingerprint density at radius 1 is 1.47 bits per heavy atom. The normalized spacial score (nSPS) is 27.9. The number of anilines is 1. The molecule has 0 bridgehead atoms. The van der Waals surface area contributed by atoms with Gasteiger partial charge in [0.2, 0.25) is 0 Å². The number of nitrogens with zero attached hydrogens (tertiary/aromatic N) is 2. The van der Waals surface area contributed by atoms with Crippen molar-refractivity contribution < 1.29 is 4.74 Å². The van der Waals surface area contributed by atoms with Crippen molar-refractivity contribution in [2.75, 3.05) is 25.1 Å². The first-order valence-corrected chi connectivity index (χ1v) is 6.71. The predicted molar refractivity (Wildman–Crippen MR) is 67.4 cm³/mol. The largest absolute Gasteiger partial charge is 0.381 e. The quantitative estimate of drug-likeness (QED) is 0.853. The highest BCUT2D eigenvalue weighted by atomic mass is 16.5. The van der Waals surface area contributed by atoms with E-state index in [2.05, 4.69) is 23.8 Å². The Morgan fingerprint density at radius 2 is 2.35 bits per heavy atom. The van der Waals surface area contributed by atoms with Gasteiger partial charge in [0.15, 0.2) is 0 Å². The molecule has 2 atom stereocenters. The van der Waals surface area contributed by atoms with Crippen LogP contribution in [-0.2, 0) is 11.2 Å². The Morgan fingerprint density at radius 3 is 3.06 bits per heavy atom. The van der Waals surface area contributed by atoms with Crippen molar-refractivity contribution in [3.8, 4) is 0 Å². The molecule has 0 aliphatic carbocycles. The number of rotatable bonds is 2. The molecule has 0 aromatic carbocycles. The van der Waals surface area contributed by atoms with Crippen molar-refractivity contribution in [2.45, 2.75) is 39.2 Å². The van der Waals surface area contributed by atoms with Crippen molar-refractivity contribution in [1.82, 2.24) is 9.78 Å². The van der Waals surface area contributed by atoms with Crippen LogP contribution in [0.15, 0.2) is 0 Å². The van der Waals surface area contributed by atoms with Gasteiger partial charge in [-0.15, -0.1) is 0 Å². The number of hydrogen-bond acceptors (Lipinski definition) is 3. The van der Waals surface area contributed by atoms with E-state index < -0.39 is 0 Å². The third kappa shape index (κ3) is 1.75. The van der Waals surface area contributed by atoms with Crippen LogP contribution in [-0.4, -0.2) is 29.5 Å². The summed E-state index contributed by atoms with van der Waals surface area (Å²) in [4.78, 5) is 0. The minimum atomic E-state index is 0.535. The predicted octanol–water partition coefficient (Wildman–Crippen LogP) is 2.15. The van der Waals surface area contributed by atoms with Crippen molar-refractivity contribution >= 4 is 5.82 Å². The molecule has 17 heavy (non-hydrogen) atoms. The summed E-state index contributed by atoms with van der Waals surface area (Å²) in [5, 5.41) is 8.29. The van der Waals surface area contributed by atoms with Crippen LogP contribution in [0.3, 0.4) is 0 Å². The second-order valence-electron chi connectivity index (χ2n) is 5.12. The van der Waals surface area contributed by atoms with Crippen molar-refractivity contribution in [3.63, 3.8) is 0 Å². The van der Waals surface area contributed by atoms with Crippen LogP contribution < -0.4 is 5.32 Å². The van der Waals surface area contributed by atoms with E-state index in [0.717, 1.165) is 26.2 Å². The standard InChI is InChI=1S/C13H21N3O/c1-3-11-9(2)13-14-6-4-12(16(13)15-11)10-5-7-17-8-10/h10,12,14H,3-8H2,1-2H3. The highest BCUT2D eigenvalue weighted by Gasteiger charge is 2.32. The van der Waals surface area contributed by atoms with Gasteiger partial charge in [-0.2, -0.15) is 5.10 Å². The van der Waals surface area contributed by atoms with Gasteiger partial charge >= 0.3 is 0 Å². The summed E-state index contributed by atoms with van der Waals surface area (Å²) in [6.45, 7) is 7.25. The molecular weight excluding hydrogens is 214 g/mol. The average molecular weight is 235 g/mol. The molecule has 0 amide bonds. The third-order valence-corrected chi connectivity index (χ3v) is 4.14. The zero-order valence-corrected chi connectivity index (χ0v) is 10.7. The topological polar surface area (TPSA) is 39.1 Å². The van der Waals surface area contributed by atoms with E-state index in [9.17, 15) is 0 Å². The van der Waals surface area contributed by atoms with E-state index >= 15 is 0 Å². The van der Waals surface area contributed by atoms with E-state index in [-0.39, 0.29) is 0 Å². The lowest BCUT2D eigenvalue weighted by Gasteiger charge is -2.29. The minimum absolute atomic E-state index is 0.535. The summed E-state index contributed by atoms with van der Waals surface area (Å²) >= 11 is 0. The SMILES string of the molecule is CCc1nn2c(c1C)NCCC2C1CCOC1. The monoisotopic (exact) mass is 235 g/mol. The van der Waals surface area contributed by atoms with E-state index in [4.69, 9.17) is 9.84 Å². The number of ether oxygens (including phenoxy) is 1. The highest BCUT2D eigenvalue weighted by Crippen LogP contribution is 2.36. The van der Waals surface area contributed by atoms with E-state index in [0.29, 0.717) is 12.0 Å². The van der Waals surface area contributed by atoms with Gasteiger partial charge in [0, 0.05) is 24.6 Å². The molecule has 94 valence electrons. The number of nitrogens with one attached hydrogen (secondary N) is 1. The molecule has 1 saturated heterocycles. The Kier molecular flexibility index (Phi) is 2.82. The van der Waals surface area contributed by atoms with Crippen molar-refractivity contribution in [3.05, 3.63) is 11.3 Å². The van der Waals surface area contributed by atoms with Gasteiger partial charge in [0.25, 0.3) is 0 Å². The van der Waals surface area contributed by atoms with Gasteiger partial charge in [-0.25, -0.2) is 4.68 Å². The molecule has 0 saturated carbocycles. The number of aryl methyl sites for hydroxylation is 1. The van der Waals surface area contributed by atoms with Gasteiger partial charge in [0.05, 0.1) is 18.3 Å². The fourth-order valence-corrected chi connectivity index (χ4v) is 3.11. The second kappa shape index (κ2) is 4.33. The number of fused-ring (bicyclic) bond motifs is 1. The molecule has 1 aromatic rings. The summed E-state index contributed by atoms with van der Waals surface area (Å²) in [6.07, 6.45) is 3.37. The molecule has 4 heteroatoms. The summed E-state index contributed by atoms with van der Waals surface area (Å²) < 4.78 is 7.76. The minimum Gasteiger partial charge on any atom is -0.381 e. The molecular formula is C13H21N3O. The lowest BCUT2D eigenvalue weighted by atomic mass is 9.95. The summed E-state index contributed by atoms with van der Waals surface area (Å²) in [7, 11) is 0. The smallest absolute Gasteiger partial charge is 0.127 e. The van der Waals surface area contributed by atoms with Gasteiger partial charge in [-0.3, -0.25) is 0 Å². The van der Waals surface area contributed by atoms with Gasteiger partial charge in [-0.05, 0) is 26.2 Å². The van der Waals surface area contributed by atoms with Crippen LogP contribution in [0, 0.1) is 12.8 Å². The molecule has 0 spiro atoms. The zero-order chi connectivity index (χ0) is 11.8. The van der Waals surface area contributed by atoms with Crippen LogP contribution in [0.25, 0.3) is 0 Å². The molecule has 1 N–H and O–H groups in total. The van der Waals surface area contributed by atoms with Crippen molar-refractivity contribution in [1.29, 1.82) is 0 Å². The molecule has 3 heterocycles. The molecule has 4 nitrogen and oxygen atoms in total. The Labute approximate surface area is 102 Å². The van der Waals surface area contributed by atoms with Gasteiger partial charge < -0.3 is 10.1 Å². The lowest BCUT2D eigenvalue weighted by Crippen LogP contribution is -2.29. The molecule has 0 radical (unpaired) electrons. The highest BCUT2D eigenvalue weighted by molar-refractivity contribution is 5.48. The third-order valence-electron chi connectivity index (χ3n) is 4.14. The fraction of sp³-hybridized carbons (Fsp3) is 0.769. The van der Waals surface area contributed by atoms with E-state index in [1.807, 2.05) is 0 Å². The average Bonchev–Trinajstić information content (AvgIpc) is 2.97. The molecule has 3 rings (SSSR count). The molecule has 2 unspecified atom stereocenters. The Hall–Kier alpha value is -1.03. The van der Waals surface area contributed by atoms with E-state index in [1.165, 1.54) is 29.9 Å². The van der Waals surface area contributed by atoms with Crippen LogP contribution in [0.2, 0.25) is 0 Å². The first-order chi connectivity index (χ1) is 8.31. The fourth-order valence-electron chi connectivity index (χ4n) is 3.11. The maximum Gasteiger partial charge on any atom is 0.127 e. The number of aromatic nitrogens is 2. The maximum absolute atomic E-state index is 5.53. The van der Waals surface area contributed by atoms with E-state index in [1.54, 1.807) is 0 Å². The van der Waals surface area contributed by atoms with Crippen LogP contribution in [0.5, 0.6) is 0 Å². The van der Waals surface area contributed by atoms with Crippen LogP contribution in [0.4, 0.5) is 5.82 Å². The Bertz CT molecular complexity index is 407. The lowest BCUT2D eigenvalue weighted by molar-refractivity contribution is 0.167. The first kappa shape index (κ1) is 11.1. The maximum atomic E-state index is 5.53. The summed E-state index contributed by atoms with van der Waals surface area (Å²) in [5.41, 5.74) is 2.56. The molecule has 2 aliphatic rings. The number of hydrogen-bond donors (Lipinski definition) is 1. The summed E-state index contributed by atoms with van der Waals surface area (Å²) in [5.74, 6) is 1.89. The van der Waals surface area contributed by atoms with Gasteiger partial charge in [0.1, 0.15) is 5.82 Å². The second-order valence-corrected chi connectivity index (χ2v) is 5.12. The molecule has 2 aliphatic heterocycles. The zero-order valence-electron chi connectivity index (χ0n) is 10.7. The van der Waals surface area contributed by atoms with Crippen molar-refractivity contribution in [2.24, 2.45) is 5.92 Å². The van der Waals surface area contributed by atoms with Crippen LogP contribution >= 0.6 is 0 Å². The molecule has 1 fully saturated rings. The summed E-state index contributed by atoms with van der Waals surface area (Å²) in [6, 6.07) is 0.535. The molecule has 1 aromatic heterocycles. The van der Waals surface area contributed by atoms with Crippen LogP contribution in [0.1, 0.15) is 37.1 Å².